The van der Waals surface area contributed by atoms with Gasteiger partial charge in [-0.1, -0.05) is 26.0 Å². The number of aliphatic hydroxyl groups is 1. The summed E-state index contributed by atoms with van der Waals surface area (Å²) in [5.74, 6) is 1.30. The molecule has 1 aliphatic carbocycles. The molecule has 2 N–H and O–H groups in total. The molecule has 1 unspecified atom stereocenters. The molecule has 0 bridgehead atoms. The number of benzene rings is 1. The Morgan fingerprint density at radius 1 is 1.26 bits per heavy atom. The van der Waals surface area contributed by atoms with E-state index in [2.05, 4.69) is 43.4 Å². The minimum Gasteiger partial charge on any atom is -0.389 e. The van der Waals surface area contributed by atoms with Crippen molar-refractivity contribution in [2.24, 2.45) is 5.92 Å². The number of ether oxygens (including phenoxy) is 1. The lowest BCUT2D eigenvalue weighted by Gasteiger charge is -2.14. The van der Waals surface area contributed by atoms with Crippen LogP contribution in [0.1, 0.15) is 38.2 Å². The molecule has 0 aliphatic heterocycles. The Morgan fingerprint density at radius 2 is 1.95 bits per heavy atom. The summed E-state index contributed by atoms with van der Waals surface area (Å²) in [7, 11) is 0. The number of rotatable bonds is 8. The van der Waals surface area contributed by atoms with Gasteiger partial charge in [0.2, 0.25) is 0 Å². The second-order valence-electron chi connectivity index (χ2n) is 5.79. The maximum Gasteiger partial charge on any atom is 0.0945 e. The first-order valence-corrected chi connectivity index (χ1v) is 7.25. The van der Waals surface area contributed by atoms with Crippen molar-refractivity contribution in [3.63, 3.8) is 0 Å². The number of aliphatic hydroxyl groups excluding tert-OH is 1. The molecule has 3 nitrogen and oxygen atoms in total. The van der Waals surface area contributed by atoms with Gasteiger partial charge in [0.15, 0.2) is 0 Å². The first-order valence-electron chi connectivity index (χ1n) is 7.25. The van der Waals surface area contributed by atoms with Crippen LogP contribution in [0.15, 0.2) is 24.3 Å². The van der Waals surface area contributed by atoms with E-state index in [1.807, 2.05) is 0 Å². The highest BCUT2D eigenvalue weighted by atomic mass is 16.5. The van der Waals surface area contributed by atoms with Crippen LogP contribution >= 0.6 is 0 Å². The molecule has 2 rings (SSSR count). The van der Waals surface area contributed by atoms with Crippen molar-refractivity contribution in [1.29, 1.82) is 0 Å². The molecule has 19 heavy (non-hydrogen) atoms. The summed E-state index contributed by atoms with van der Waals surface area (Å²) in [6.07, 6.45) is 2.14. The summed E-state index contributed by atoms with van der Waals surface area (Å²) in [6, 6.07) is 8.38. The lowest BCUT2D eigenvalue weighted by atomic mass is 10.0. The van der Waals surface area contributed by atoms with Crippen LogP contribution in [-0.2, 0) is 4.74 Å². The van der Waals surface area contributed by atoms with E-state index >= 15 is 0 Å². The van der Waals surface area contributed by atoms with Crippen LogP contribution in [0.3, 0.4) is 0 Å². The molecular weight excluding hydrogens is 238 g/mol. The van der Waals surface area contributed by atoms with Gasteiger partial charge in [-0.2, -0.15) is 0 Å². The molecule has 1 aromatic rings. The number of nitrogens with one attached hydrogen (secondary N) is 1. The van der Waals surface area contributed by atoms with Crippen molar-refractivity contribution in [1.82, 2.24) is 0 Å². The Bertz CT molecular complexity index is 371. The fraction of sp³-hybridized carbons (Fsp3) is 0.625. The minimum absolute atomic E-state index is 0.424. The summed E-state index contributed by atoms with van der Waals surface area (Å²) in [5.41, 5.74) is 2.38. The molecular formula is C16H25NO2. The summed E-state index contributed by atoms with van der Waals surface area (Å²) in [6.45, 7) is 6.13. The maximum atomic E-state index is 9.80. The molecule has 1 fully saturated rings. The van der Waals surface area contributed by atoms with E-state index in [9.17, 15) is 5.11 Å². The third kappa shape index (κ3) is 5.21. The Labute approximate surface area is 116 Å². The monoisotopic (exact) mass is 263 g/mol. The van der Waals surface area contributed by atoms with Gasteiger partial charge in [0.05, 0.1) is 12.7 Å². The van der Waals surface area contributed by atoms with Gasteiger partial charge in [-0.05, 0) is 42.4 Å². The highest BCUT2D eigenvalue weighted by Crippen LogP contribution is 2.28. The van der Waals surface area contributed by atoms with E-state index in [0.717, 1.165) is 18.2 Å². The molecule has 0 aromatic heterocycles. The maximum absolute atomic E-state index is 9.80. The van der Waals surface area contributed by atoms with Crippen molar-refractivity contribution in [2.45, 2.75) is 38.7 Å². The van der Waals surface area contributed by atoms with Crippen LogP contribution in [0.25, 0.3) is 0 Å². The second-order valence-corrected chi connectivity index (χ2v) is 5.79. The molecule has 1 saturated carbocycles. The van der Waals surface area contributed by atoms with Gasteiger partial charge in [0.1, 0.15) is 0 Å². The fourth-order valence-electron chi connectivity index (χ4n) is 1.94. The Morgan fingerprint density at radius 3 is 2.53 bits per heavy atom. The third-order valence-corrected chi connectivity index (χ3v) is 3.48. The van der Waals surface area contributed by atoms with E-state index in [-0.39, 0.29) is 0 Å². The fourth-order valence-corrected chi connectivity index (χ4v) is 1.94. The van der Waals surface area contributed by atoms with Gasteiger partial charge in [0, 0.05) is 18.8 Å². The van der Waals surface area contributed by atoms with Crippen LogP contribution < -0.4 is 5.32 Å². The quantitative estimate of drug-likeness (QED) is 0.757. The predicted molar refractivity (Wildman–Crippen MR) is 78.6 cm³/mol. The second kappa shape index (κ2) is 6.92. The van der Waals surface area contributed by atoms with Gasteiger partial charge in [0.25, 0.3) is 0 Å². The van der Waals surface area contributed by atoms with E-state index in [1.165, 1.54) is 18.4 Å². The van der Waals surface area contributed by atoms with Gasteiger partial charge < -0.3 is 15.2 Å². The normalized spacial score (nSPS) is 16.6. The Balaban J connectivity index is 1.65. The first-order chi connectivity index (χ1) is 9.15. The highest BCUT2D eigenvalue weighted by molar-refractivity contribution is 5.45. The van der Waals surface area contributed by atoms with Crippen LogP contribution in [0.5, 0.6) is 0 Å². The lowest BCUT2D eigenvalue weighted by Crippen LogP contribution is -2.25. The van der Waals surface area contributed by atoms with E-state index < -0.39 is 6.10 Å². The van der Waals surface area contributed by atoms with E-state index in [1.54, 1.807) is 0 Å². The van der Waals surface area contributed by atoms with Crippen molar-refractivity contribution < 1.29 is 9.84 Å². The van der Waals surface area contributed by atoms with Gasteiger partial charge in [-0.15, -0.1) is 0 Å². The molecule has 106 valence electrons. The lowest BCUT2D eigenvalue weighted by molar-refractivity contribution is 0.0386. The summed E-state index contributed by atoms with van der Waals surface area (Å²) >= 11 is 0. The summed E-state index contributed by atoms with van der Waals surface area (Å²) in [5, 5.41) is 13.0. The zero-order chi connectivity index (χ0) is 13.7. The van der Waals surface area contributed by atoms with Crippen LogP contribution in [0.2, 0.25) is 0 Å². The molecule has 0 radical (unpaired) electrons. The van der Waals surface area contributed by atoms with Crippen LogP contribution in [0, 0.1) is 5.92 Å². The minimum atomic E-state index is -0.441. The van der Waals surface area contributed by atoms with Crippen molar-refractivity contribution in [2.75, 3.05) is 25.1 Å². The Kier molecular flexibility index (Phi) is 5.23. The smallest absolute Gasteiger partial charge is 0.0945 e. The average Bonchev–Trinajstić information content (AvgIpc) is 3.21. The van der Waals surface area contributed by atoms with Crippen LogP contribution in [-0.4, -0.2) is 31.0 Å². The molecule has 1 aromatic carbocycles. The zero-order valence-electron chi connectivity index (χ0n) is 11.9. The molecule has 0 heterocycles. The van der Waals surface area contributed by atoms with E-state index in [0.29, 0.717) is 19.1 Å². The topological polar surface area (TPSA) is 41.5 Å². The largest absolute Gasteiger partial charge is 0.389 e. The number of hydrogen-bond acceptors (Lipinski definition) is 3. The average molecular weight is 263 g/mol. The molecule has 0 amide bonds. The predicted octanol–water partition coefficient (Wildman–Crippen LogP) is 3.01. The molecule has 1 aliphatic rings. The molecule has 0 saturated heterocycles. The summed E-state index contributed by atoms with van der Waals surface area (Å²) in [4.78, 5) is 0. The number of hydrogen-bond donors (Lipinski definition) is 2. The number of anilines is 1. The standard InChI is InChI=1S/C16H25NO2/c1-12(2)14-5-7-15(8-6-14)17-9-16(18)11-19-10-13-3-4-13/h5-8,12-13,16-18H,3-4,9-11H2,1-2H3. The highest BCUT2D eigenvalue weighted by Gasteiger charge is 2.21. The van der Waals surface area contributed by atoms with Crippen molar-refractivity contribution in [3.05, 3.63) is 29.8 Å². The van der Waals surface area contributed by atoms with Gasteiger partial charge >= 0.3 is 0 Å². The molecule has 1 atom stereocenters. The molecule has 3 heteroatoms. The van der Waals surface area contributed by atoms with E-state index in [4.69, 9.17) is 4.74 Å². The van der Waals surface area contributed by atoms with Gasteiger partial charge in [-0.3, -0.25) is 0 Å². The zero-order valence-corrected chi connectivity index (χ0v) is 11.9. The Hall–Kier alpha value is -1.06. The van der Waals surface area contributed by atoms with Crippen LogP contribution in [0.4, 0.5) is 5.69 Å². The SMILES string of the molecule is CC(C)c1ccc(NCC(O)COCC2CC2)cc1. The summed E-state index contributed by atoms with van der Waals surface area (Å²) < 4.78 is 5.47. The third-order valence-electron chi connectivity index (χ3n) is 3.48. The van der Waals surface area contributed by atoms with Crippen molar-refractivity contribution >= 4 is 5.69 Å². The first kappa shape index (κ1) is 14.4. The van der Waals surface area contributed by atoms with Gasteiger partial charge in [-0.25, -0.2) is 0 Å². The molecule has 0 spiro atoms. The van der Waals surface area contributed by atoms with Crippen molar-refractivity contribution in [3.8, 4) is 0 Å².